The molecule has 0 radical (unpaired) electrons. The van der Waals surface area contributed by atoms with Gasteiger partial charge in [-0.25, -0.2) is 18.6 Å². The molecule has 2 aliphatic heterocycles. The molecule has 1 spiro atoms. The van der Waals surface area contributed by atoms with Crippen molar-refractivity contribution in [1.82, 2.24) is 20.2 Å². The summed E-state index contributed by atoms with van der Waals surface area (Å²) in [5.41, 5.74) is -1.20. The number of piperidine rings is 1. The Kier molecular flexibility index (Phi) is 3.58. The second-order valence-electron chi connectivity index (χ2n) is 7.12. The minimum atomic E-state index is -2.78. The van der Waals surface area contributed by atoms with Crippen LogP contribution in [0.1, 0.15) is 25.7 Å². The summed E-state index contributed by atoms with van der Waals surface area (Å²) in [6.07, 6.45) is 6.77. The number of likely N-dealkylation sites (tertiary alicyclic amines) is 1. The molecule has 0 unspecified atom stereocenters. The summed E-state index contributed by atoms with van der Waals surface area (Å²) < 4.78 is 29.5. The fourth-order valence-electron chi connectivity index (χ4n) is 3.72. The Balaban J connectivity index is 1.51. The minimum absolute atomic E-state index is 0.0926. The van der Waals surface area contributed by atoms with Crippen molar-refractivity contribution in [2.24, 2.45) is 5.41 Å². The summed E-state index contributed by atoms with van der Waals surface area (Å²) in [5.74, 6) is -2.16. The molecular weight excluding hydrogens is 316 g/mol. The molecule has 0 bridgehead atoms. The van der Waals surface area contributed by atoms with Gasteiger partial charge in [0.2, 0.25) is 0 Å². The van der Waals surface area contributed by atoms with E-state index in [4.69, 9.17) is 0 Å². The number of hydrogen-bond acceptors (Lipinski definition) is 4. The summed E-state index contributed by atoms with van der Waals surface area (Å²) in [4.78, 5) is 23.9. The van der Waals surface area contributed by atoms with Gasteiger partial charge in [-0.2, -0.15) is 0 Å². The number of carbonyl (C=O) groups is 1. The van der Waals surface area contributed by atoms with Crippen LogP contribution in [0.3, 0.4) is 0 Å². The Morgan fingerprint density at radius 1 is 1.21 bits per heavy atom. The number of nitrogens with zero attached hydrogens (tertiary/aromatic N) is 4. The third kappa shape index (κ3) is 2.67. The Labute approximate surface area is 139 Å². The van der Waals surface area contributed by atoms with Gasteiger partial charge in [0, 0.05) is 51.0 Å². The quantitative estimate of drug-likeness (QED) is 0.895. The van der Waals surface area contributed by atoms with Crippen LogP contribution in [0.15, 0.2) is 18.6 Å². The van der Waals surface area contributed by atoms with Crippen LogP contribution in [0.25, 0.3) is 0 Å². The first-order valence-electron chi connectivity index (χ1n) is 8.43. The molecule has 3 aliphatic rings. The van der Waals surface area contributed by atoms with E-state index in [1.54, 1.807) is 23.5 Å². The number of anilines is 1. The number of hydrogen-bond donors (Lipinski definition) is 1. The third-order valence-corrected chi connectivity index (χ3v) is 5.38. The third-order valence-electron chi connectivity index (χ3n) is 5.38. The summed E-state index contributed by atoms with van der Waals surface area (Å²) in [6, 6.07) is 0.0286. The number of amides is 2. The normalized spacial score (nSPS) is 29.1. The van der Waals surface area contributed by atoms with E-state index in [1.807, 2.05) is 4.90 Å². The van der Waals surface area contributed by atoms with Crippen molar-refractivity contribution in [3.63, 3.8) is 0 Å². The maximum atomic E-state index is 14.7. The molecule has 1 saturated carbocycles. The van der Waals surface area contributed by atoms with E-state index in [2.05, 4.69) is 15.3 Å². The maximum Gasteiger partial charge on any atom is 0.317 e. The minimum Gasteiger partial charge on any atom is -0.354 e. The lowest BCUT2D eigenvalue weighted by molar-refractivity contribution is -0.149. The van der Waals surface area contributed by atoms with Crippen LogP contribution in [0.5, 0.6) is 0 Å². The highest BCUT2D eigenvalue weighted by Gasteiger charge is 2.60. The molecule has 3 fully saturated rings. The van der Waals surface area contributed by atoms with Crippen LogP contribution >= 0.6 is 0 Å². The fourth-order valence-corrected chi connectivity index (χ4v) is 3.72. The molecule has 1 aromatic rings. The van der Waals surface area contributed by atoms with Crippen molar-refractivity contribution in [3.05, 3.63) is 18.6 Å². The SMILES string of the molecule is O=C(NC1CC1)N1CCC(F)(F)[C@@]2(CCN(c3cnccn3)C2)C1. The predicted octanol–water partition coefficient (Wildman–Crippen LogP) is 1.89. The monoisotopic (exact) mass is 337 g/mol. The number of nitrogens with one attached hydrogen (secondary N) is 1. The van der Waals surface area contributed by atoms with Gasteiger partial charge in [0.25, 0.3) is 5.92 Å². The summed E-state index contributed by atoms with van der Waals surface area (Å²) >= 11 is 0. The second kappa shape index (κ2) is 5.53. The van der Waals surface area contributed by atoms with Crippen molar-refractivity contribution in [3.8, 4) is 0 Å². The van der Waals surface area contributed by atoms with Crippen molar-refractivity contribution in [2.75, 3.05) is 31.1 Å². The van der Waals surface area contributed by atoms with E-state index in [9.17, 15) is 13.6 Å². The van der Waals surface area contributed by atoms with Gasteiger partial charge in [0.15, 0.2) is 0 Å². The van der Waals surface area contributed by atoms with Crippen molar-refractivity contribution >= 4 is 11.8 Å². The Morgan fingerprint density at radius 2 is 2.04 bits per heavy atom. The van der Waals surface area contributed by atoms with E-state index in [-0.39, 0.29) is 38.1 Å². The zero-order chi connectivity index (χ0) is 16.8. The molecular formula is C16H21F2N5O. The zero-order valence-corrected chi connectivity index (χ0v) is 13.4. The molecule has 130 valence electrons. The van der Waals surface area contributed by atoms with E-state index < -0.39 is 11.3 Å². The highest BCUT2D eigenvalue weighted by molar-refractivity contribution is 5.75. The fraction of sp³-hybridized carbons (Fsp3) is 0.688. The molecule has 3 heterocycles. The number of alkyl halides is 2. The van der Waals surface area contributed by atoms with Gasteiger partial charge in [-0.15, -0.1) is 0 Å². The van der Waals surface area contributed by atoms with Crippen LogP contribution < -0.4 is 10.2 Å². The molecule has 1 atom stereocenters. The first kappa shape index (κ1) is 15.5. The molecule has 1 N–H and O–H groups in total. The number of carbonyl (C=O) groups excluding carboxylic acids is 1. The molecule has 8 heteroatoms. The summed E-state index contributed by atoms with van der Waals surface area (Å²) in [7, 11) is 0. The summed E-state index contributed by atoms with van der Waals surface area (Å²) in [5, 5.41) is 2.91. The average molecular weight is 337 g/mol. The van der Waals surface area contributed by atoms with Crippen LogP contribution in [0.4, 0.5) is 19.4 Å². The predicted molar refractivity (Wildman–Crippen MR) is 84.0 cm³/mol. The lowest BCUT2D eigenvalue weighted by atomic mass is 9.75. The van der Waals surface area contributed by atoms with E-state index in [0.717, 1.165) is 12.8 Å². The van der Waals surface area contributed by atoms with Crippen LogP contribution in [-0.2, 0) is 0 Å². The Hall–Kier alpha value is -1.99. The first-order valence-corrected chi connectivity index (χ1v) is 8.43. The van der Waals surface area contributed by atoms with E-state index in [0.29, 0.717) is 18.8 Å². The Morgan fingerprint density at radius 3 is 2.75 bits per heavy atom. The standard InChI is InChI=1S/C16H21F2N5O/c17-16(18)4-8-23(14(24)21-12-1-2-12)11-15(16)3-7-22(10-15)13-9-19-5-6-20-13/h5-6,9,12H,1-4,7-8,10-11H2,(H,21,24)/t15-/m1/s1. The zero-order valence-electron chi connectivity index (χ0n) is 13.4. The highest BCUT2D eigenvalue weighted by Crippen LogP contribution is 2.50. The largest absolute Gasteiger partial charge is 0.354 e. The van der Waals surface area contributed by atoms with Gasteiger partial charge in [-0.3, -0.25) is 4.98 Å². The van der Waals surface area contributed by atoms with Gasteiger partial charge in [0.1, 0.15) is 5.82 Å². The van der Waals surface area contributed by atoms with Gasteiger partial charge < -0.3 is 15.1 Å². The second-order valence-corrected chi connectivity index (χ2v) is 7.12. The maximum absolute atomic E-state index is 14.7. The topological polar surface area (TPSA) is 61.4 Å². The smallest absolute Gasteiger partial charge is 0.317 e. The van der Waals surface area contributed by atoms with Crippen LogP contribution in [-0.4, -0.2) is 59.0 Å². The van der Waals surface area contributed by atoms with E-state index in [1.165, 1.54) is 0 Å². The van der Waals surface area contributed by atoms with Gasteiger partial charge in [0.05, 0.1) is 11.6 Å². The van der Waals surface area contributed by atoms with Crippen molar-refractivity contribution in [1.29, 1.82) is 0 Å². The molecule has 1 aliphatic carbocycles. The van der Waals surface area contributed by atoms with Gasteiger partial charge in [-0.1, -0.05) is 0 Å². The lowest BCUT2D eigenvalue weighted by Gasteiger charge is -2.45. The molecule has 24 heavy (non-hydrogen) atoms. The van der Waals surface area contributed by atoms with Crippen LogP contribution in [0, 0.1) is 5.41 Å². The summed E-state index contributed by atoms with van der Waals surface area (Å²) in [6.45, 7) is 0.909. The molecule has 4 rings (SSSR count). The van der Waals surface area contributed by atoms with Crippen molar-refractivity contribution in [2.45, 2.75) is 37.6 Å². The molecule has 2 amide bonds. The molecule has 6 nitrogen and oxygen atoms in total. The molecule has 0 aromatic carbocycles. The molecule has 1 aromatic heterocycles. The average Bonchev–Trinajstić information content (AvgIpc) is 3.28. The Bertz CT molecular complexity index is 624. The van der Waals surface area contributed by atoms with E-state index >= 15 is 0 Å². The highest BCUT2D eigenvalue weighted by atomic mass is 19.3. The number of rotatable bonds is 2. The van der Waals surface area contributed by atoms with Crippen LogP contribution in [0.2, 0.25) is 0 Å². The molecule has 2 saturated heterocycles. The van der Waals surface area contributed by atoms with Gasteiger partial charge >= 0.3 is 6.03 Å². The number of urea groups is 1. The first-order chi connectivity index (χ1) is 11.5. The van der Waals surface area contributed by atoms with Crippen molar-refractivity contribution < 1.29 is 13.6 Å². The van der Waals surface area contributed by atoms with Gasteiger partial charge in [-0.05, 0) is 19.3 Å². The number of aromatic nitrogens is 2. The lowest BCUT2D eigenvalue weighted by Crippen LogP contribution is -2.59. The number of halogens is 2.